The standard InChI is InChI=1S/C21H23ClN2O4/c1-5-24-17-10-9-14(22)12-15(17)16(20(24)25)11-13-7-6-8-18(27-4)19(13)28-21(26)23(2)3/h6-10,12,16H,5,11H2,1-4H3. The maximum atomic E-state index is 13.0. The van der Waals surface area contributed by atoms with E-state index in [1.54, 1.807) is 31.1 Å². The number of methoxy groups -OCH3 is 1. The molecule has 28 heavy (non-hydrogen) atoms. The summed E-state index contributed by atoms with van der Waals surface area (Å²) in [5, 5.41) is 0.583. The number of hydrogen-bond donors (Lipinski definition) is 0. The molecule has 0 N–H and O–H groups in total. The average Bonchev–Trinajstić information content (AvgIpc) is 2.93. The molecule has 0 bridgehead atoms. The van der Waals surface area contributed by atoms with Gasteiger partial charge in [0.1, 0.15) is 0 Å². The van der Waals surface area contributed by atoms with Crippen molar-refractivity contribution in [2.24, 2.45) is 0 Å². The molecule has 1 unspecified atom stereocenters. The number of nitrogens with zero attached hydrogens (tertiary/aromatic N) is 2. The molecule has 0 spiro atoms. The van der Waals surface area contributed by atoms with Crippen molar-refractivity contribution in [2.45, 2.75) is 19.3 Å². The van der Waals surface area contributed by atoms with E-state index >= 15 is 0 Å². The lowest BCUT2D eigenvalue weighted by atomic mass is 9.92. The summed E-state index contributed by atoms with van der Waals surface area (Å²) in [6.45, 7) is 2.51. The van der Waals surface area contributed by atoms with Crippen molar-refractivity contribution >= 4 is 29.3 Å². The highest BCUT2D eigenvalue weighted by Gasteiger charge is 2.37. The van der Waals surface area contributed by atoms with Gasteiger partial charge in [-0.05, 0) is 48.7 Å². The van der Waals surface area contributed by atoms with Crippen LogP contribution in [0.25, 0.3) is 0 Å². The van der Waals surface area contributed by atoms with Crippen molar-refractivity contribution in [2.75, 3.05) is 32.6 Å². The summed E-state index contributed by atoms with van der Waals surface area (Å²) in [5.41, 5.74) is 2.47. The van der Waals surface area contributed by atoms with Gasteiger partial charge >= 0.3 is 6.09 Å². The van der Waals surface area contributed by atoms with Gasteiger partial charge in [0.05, 0.1) is 13.0 Å². The predicted octanol–water partition coefficient (Wildman–Crippen LogP) is 4.10. The van der Waals surface area contributed by atoms with E-state index in [9.17, 15) is 9.59 Å². The average molecular weight is 403 g/mol. The van der Waals surface area contributed by atoms with Crippen LogP contribution in [-0.4, -0.2) is 44.7 Å². The van der Waals surface area contributed by atoms with Crippen LogP contribution in [0.1, 0.15) is 24.0 Å². The fourth-order valence-corrected chi connectivity index (χ4v) is 3.59. The van der Waals surface area contributed by atoms with Crippen molar-refractivity contribution in [1.29, 1.82) is 0 Å². The van der Waals surface area contributed by atoms with Crippen molar-refractivity contribution < 1.29 is 19.1 Å². The van der Waals surface area contributed by atoms with E-state index in [1.807, 2.05) is 31.2 Å². The first kappa shape index (κ1) is 20.0. The van der Waals surface area contributed by atoms with E-state index in [4.69, 9.17) is 21.1 Å². The SMILES string of the molecule is CCN1C(=O)C(Cc2cccc(OC)c2OC(=O)N(C)C)c2cc(Cl)ccc21. The summed E-state index contributed by atoms with van der Waals surface area (Å²) in [4.78, 5) is 28.3. The second kappa shape index (κ2) is 8.10. The van der Waals surface area contributed by atoms with Gasteiger partial charge in [0.15, 0.2) is 11.5 Å². The Hall–Kier alpha value is -2.73. The van der Waals surface area contributed by atoms with Gasteiger partial charge in [0.2, 0.25) is 5.91 Å². The molecule has 2 aromatic rings. The Balaban J connectivity index is 2.01. The summed E-state index contributed by atoms with van der Waals surface area (Å²) >= 11 is 6.19. The molecule has 2 amide bonds. The number of amides is 2. The zero-order valence-corrected chi connectivity index (χ0v) is 17.1. The highest BCUT2D eigenvalue weighted by molar-refractivity contribution is 6.31. The van der Waals surface area contributed by atoms with Gasteiger partial charge in [-0.3, -0.25) is 4.79 Å². The Bertz CT molecular complexity index is 913. The minimum atomic E-state index is -0.512. The minimum absolute atomic E-state index is 0.00692. The molecule has 0 fully saturated rings. The Kier molecular flexibility index (Phi) is 5.79. The summed E-state index contributed by atoms with van der Waals surface area (Å²) in [5.74, 6) is 0.372. The molecule has 0 aromatic heterocycles. The molecule has 6 nitrogen and oxygen atoms in total. The lowest BCUT2D eigenvalue weighted by Crippen LogP contribution is -2.29. The number of fused-ring (bicyclic) bond motifs is 1. The predicted molar refractivity (Wildman–Crippen MR) is 109 cm³/mol. The summed E-state index contributed by atoms with van der Waals surface area (Å²) < 4.78 is 10.9. The van der Waals surface area contributed by atoms with E-state index in [0.717, 1.165) is 16.8 Å². The first-order valence-corrected chi connectivity index (χ1v) is 9.41. The molecule has 0 radical (unpaired) electrons. The highest BCUT2D eigenvalue weighted by Crippen LogP contribution is 2.42. The third-order valence-corrected chi connectivity index (χ3v) is 5.03. The molecule has 1 heterocycles. The fraction of sp³-hybridized carbons (Fsp3) is 0.333. The van der Waals surface area contributed by atoms with E-state index in [0.29, 0.717) is 29.5 Å². The Morgan fingerprint density at radius 1 is 1.25 bits per heavy atom. The number of benzene rings is 2. The normalized spacial score (nSPS) is 15.4. The molecule has 3 rings (SSSR count). The van der Waals surface area contributed by atoms with Crippen molar-refractivity contribution in [1.82, 2.24) is 4.90 Å². The third kappa shape index (κ3) is 3.64. The van der Waals surface area contributed by atoms with E-state index in [2.05, 4.69) is 0 Å². The molecule has 1 atom stereocenters. The summed E-state index contributed by atoms with van der Waals surface area (Å²) in [6, 6.07) is 10.9. The maximum absolute atomic E-state index is 13.0. The molecule has 1 aliphatic heterocycles. The van der Waals surface area contributed by atoms with Crippen LogP contribution in [-0.2, 0) is 11.2 Å². The molecule has 0 saturated carbocycles. The first-order valence-electron chi connectivity index (χ1n) is 9.03. The quantitative estimate of drug-likeness (QED) is 0.755. The molecule has 7 heteroatoms. The number of rotatable bonds is 5. The topological polar surface area (TPSA) is 59.1 Å². The number of anilines is 1. The minimum Gasteiger partial charge on any atom is -0.493 e. The van der Waals surface area contributed by atoms with Gasteiger partial charge < -0.3 is 19.3 Å². The Labute approximate surface area is 169 Å². The second-order valence-electron chi connectivity index (χ2n) is 6.75. The lowest BCUT2D eigenvalue weighted by molar-refractivity contribution is -0.119. The molecule has 0 aliphatic carbocycles. The van der Waals surface area contributed by atoms with E-state index in [-0.39, 0.29) is 5.91 Å². The third-order valence-electron chi connectivity index (χ3n) is 4.80. The van der Waals surface area contributed by atoms with Crippen LogP contribution in [0.5, 0.6) is 11.5 Å². The first-order chi connectivity index (χ1) is 13.4. The summed E-state index contributed by atoms with van der Waals surface area (Å²) in [6.07, 6.45) is -0.141. The number of carbonyl (C=O) groups is 2. The number of likely N-dealkylation sites (N-methyl/N-ethyl adjacent to an activating group) is 1. The Morgan fingerprint density at radius 2 is 2.00 bits per heavy atom. The van der Waals surface area contributed by atoms with Gasteiger partial charge in [0, 0.05) is 31.4 Å². The van der Waals surface area contributed by atoms with Crippen LogP contribution >= 0.6 is 11.6 Å². The van der Waals surface area contributed by atoms with Crippen molar-refractivity contribution in [3.8, 4) is 11.5 Å². The van der Waals surface area contributed by atoms with Crippen LogP contribution in [0.15, 0.2) is 36.4 Å². The Morgan fingerprint density at radius 3 is 2.64 bits per heavy atom. The van der Waals surface area contributed by atoms with Gasteiger partial charge in [-0.15, -0.1) is 0 Å². The van der Waals surface area contributed by atoms with Gasteiger partial charge in [0.25, 0.3) is 0 Å². The van der Waals surface area contributed by atoms with E-state index < -0.39 is 12.0 Å². The number of para-hydroxylation sites is 1. The van der Waals surface area contributed by atoms with Gasteiger partial charge in [-0.1, -0.05) is 23.7 Å². The van der Waals surface area contributed by atoms with Crippen LogP contribution in [0.4, 0.5) is 10.5 Å². The molecule has 0 saturated heterocycles. The smallest absolute Gasteiger partial charge is 0.414 e. The number of hydrogen-bond acceptors (Lipinski definition) is 4. The molecular weight excluding hydrogens is 380 g/mol. The molecule has 1 aliphatic rings. The van der Waals surface area contributed by atoms with Crippen LogP contribution < -0.4 is 14.4 Å². The number of carbonyl (C=O) groups excluding carboxylic acids is 2. The highest BCUT2D eigenvalue weighted by atomic mass is 35.5. The monoisotopic (exact) mass is 402 g/mol. The molecule has 148 valence electrons. The largest absolute Gasteiger partial charge is 0.493 e. The van der Waals surface area contributed by atoms with E-state index in [1.165, 1.54) is 12.0 Å². The molecule has 2 aromatic carbocycles. The van der Waals surface area contributed by atoms with Crippen LogP contribution in [0.2, 0.25) is 5.02 Å². The van der Waals surface area contributed by atoms with Crippen molar-refractivity contribution in [3.05, 3.63) is 52.5 Å². The summed E-state index contributed by atoms with van der Waals surface area (Å²) in [7, 11) is 4.73. The maximum Gasteiger partial charge on any atom is 0.414 e. The second-order valence-corrected chi connectivity index (χ2v) is 7.19. The van der Waals surface area contributed by atoms with Gasteiger partial charge in [-0.25, -0.2) is 4.79 Å². The number of halogens is 1. The molecular formula is C21H23ClN2O4. The van der Waals surface area contributed by atoms with Crippen molar-refractivity contribution in [3.63, 3.8) is 0 Å². The number of ether oxygens (including phenoxy) is 2. The zero-order chi connectivity index (χ0) is 20.4. The zero-order valence-electron chi connectivity index (χ0n) is 16.4. The lowest BCUT2D eigenvalue weighted by Gasteiger charge is -2.18. The van der Waals surface area contributed by atoms with Gasteiger partial charge in [-0.2, -0.15) is 0 Å². The fourth-order valence-electron chi connectivity index (χ4n) is 3.41. The van der Waals surface area contributed by atoms with Crippen LogP contribution in [0, 0.1) is 0 Å². The van der Waals surface area contributed by atoms with Crippen LogP contribution in [0.3, 0.4) is 0 Å².